The van der Waals surface area contributed by atoms with Gasteiger partial charge in [-0.2, -0.15) is 0 Å². The normalized spacial score (nSPS) is 14.1. The molecule has 0 rings (SSSR count). The predicted molar refractivity (Wildman–Crippen MR) is 70.2 cm³/mol. The molecule has 0 bridgehead atoms. The van der Waals surface area contributed by atoms with Crippen molar-refractivity contribution in [3.05, 3.63) is 35.5 Å². The molecule has 0 heterocycles. The lowest BCUT2D eigenvalue weighted by molar-refractivity contribution is -0.137. The van der Waals surface area contributed by atoms with Crippen LogP contribution in [0.2, 0.25) is 0 Å². The SMILES string of the molecule is CCOC(=O)C=C(C)C=CC=C(C)CP(=O)(O)O. The molecule has 0 fully saturated rings. The van der Waals surface area contributed by atoms with Crippen LogP contribution in [0, 0.1) is 0 Å². The van der Waals surface area contributed by atoms with Gasteiger partial charge in [0, 0.05) is 6.08 Å². The molecule has 0 atom stereocenters. The van der Waals surface area contributed by atoms with Gasteiger partial charge in [-0.3, -0.25) is 4.57 Å². The van der Waals surface area contributed by atoms with Crippen molar-refractivity contribution >= 4 is 13.6 Å². The lowest BCUT2D eigenvalue weighted by Crippen LogP contribution is -1.99. The molecule has 0 aliphatic heterocycles. The average molecular weight is 274 g/mol. The van der Waals surface area contributed by atoms with Gasteiger partial charge in [-0.25, -0.2) is 4.79 Å². The highest BCUT2D eigenvalue weighted by molar-refractivity contribution is 7.52. The van der Waals surface area contributed by atoms with E-state index in [1.165, 1.54) is 6.08 Å². The smallest absolute Gasteiger partial charge is 0.330 e. The van der Waals surface area contributed by atoms with Crippen molar-refractivity contribution in [1.82, 2.24) is 0 Å². The Labute approximate surface area is 107 Å². The molecular formula is C12H19O5P. The molecule has 6 heteroatoms. The van der Waals surface area contributed by atoms with Gasteiger partial charge in [-0.15, -0.1) is 0 Å². The molecule has 0 radical (unpaired) electrons. The van der Waals surface area contributed by atoms with E-state index in [0.29, 0.717) is 17.8 Å². The third kappa shape index (κ3) is 10.0. The van der Waals surface area contributed by atoms with Gasteiger partial charge in [0.2, 0.25) is 0 Å². The summed E-state index contributed by atoms with van der Waals surface area (Å²) in [6, 6.07) is 0. The number of rotatable bonds is 6. The second-order valence-corrected chi connectivity index (χ2v) is 5.48. The van der Waals surface area contributed by atoms with E-state index in [1.54, 1.807) is 39.0 Å². The highest BCUT2D eigenvalue weighted by Gasteiger charge is 2.12. The lowest BCUT2D eigenvalue weighted by atomic mass is 10.2. The molecule has 0 aromatic heterocycles. The fourth-order valence-electron chi connectivity index (χ4n) is 1.16. The van der Waals surface area contributed by atoms with Crippen LogP contribution in [-0.2, 0) is 14.1 Å². The van der Waals surface area contributed by atoms with Crippen molar-refractivity contribution in [1.29, 1.82) is 0 Å². The Balaban J connectivity index is 4.44. The number of hydrogen-bond donors (Lipinski definition) is 2. The third-order valence-electron chi connectivity index (χ3n) is 1.83. The van der Waals surface area contributed by atoms with Gasteiger partial charge >= 0.3 is 13.6 Å². The van der Waals surface area contributed by atoms with Crippen molar-refractivity contribution in [2.24, 2.45) is 0 Å². The van der Waals surface area contributed by atoms with Crippen molar-refractivity contribution < 1.29 is 23.9 Å². The minimum Gasteiger partial charge on any atom is -0.463 e. The second-order valence-electron chi connectivity index (χ2n) is 3.84. The van der Waals surface area contributed by atoms with Crippen LogP contribution in [0.4, 0.5) is 0 Å². The first-order valence-corrected chi connectivity index (χ1v) is 7.28. The molecule has 0 spiro atoms. The first-order valence-electron chi connectivity index (χ1n) is 5.48. The molecule has 0 saturated heterocycles. The molecule has 0 saturated carbocycles. The molecule has 102 valence electrons. The van der Waals surface area contributed by atoms with Gasteiger partial charge in [0.25, 0.3) is 0 Å². The highest BCUT2D eigenvalue weighted by Crippen LogP contribution is 2.36. The number of ether oxygens (including phenoxy) is 1. The standard InChI is InChI=1S/C12H19O5P/c1-4-17-12(13)8-10(2)6-5-7-11(3)9-18(14,15)16/h5-8H,4,9H2,1-3H3,(H2,14,15,16). The molecule has 5 nitrogen and oxygen atoms in total. The van der Waals surface area contributed by atoms with Crippen molar-refractivity contribution in [3.63, 3.8) is 0 Å². The topological polar surface area (TPSA) is 83.8 Å². The van der Waals surface area contributed by atoms with Crippen LogP contribution in [0.5, 0.6) is 0 Å². The summed E-state index contributed by atoms with van der Waals surface area (Å²) in [6.07, 6.45) is 5.99. The van der Waals surface area contributed by atoms with Crippen LogP contribution in [0.25, 0.3) is 0 Å². The van der Waals surface area contributed by atoms with Gasteiger partial charge < -0.3 is 14.5 Å². The molecular weight excluding hydrogens is 255 g/mol. The Kier molecular flexibility index (Phi) is 7.51. The predicted octanol–water partition coefficient (Wildman–Crippen LogP) is 2.18. The number of carbonyl (C=O) groups is 1. The van der Waals surface area contributed by atoms with Crippen LogP contribution in [0.1, 0.15) is 20.8 Å². The molecule has 0 aliphatic carbocycles. The minimum atomic E-state index is -4.01. The van der Waals surface area contributed by atoms with E-state index in [2.05, 4.69) is 0 Å². The van der Waals surface area contributed by atoms with Gasteiger partial charge in [0.1, 0.15) is 0 Å². The second kappa shape index (κ2) is 8.03. The molecule has 18 heavy (non-hydrogen) atoms. The Morgan fingerprint density at radius 2 is 1.94 bits per heavy atom. The van der Waals surface area contributed by atoms with Crippen molar-refractivity contribution in [2.45, 2.75) is 20.8 Å². The van der Waals surface area contributed by atoms with E-state index in [0.717, 1.165) is 0 Å². The van der Waals surface area contributed by atoms with E-state index in [9.17, 15) is 9.36 Å². The van der Waals surface area contributed by atoms with Gasteiger partial charge in [-0.1, -0.05) is 23.8 Å². The molecule has 0 aliphatic rings. The van der Waals surface area contributed by atoms with E-state index in [1.807, 2.05) is 0 Å². The zero-order valence-electron chi connectivity index (χ0n) is 10.8. The first-order chi connectivity index (χ1) is 8.24. The fourth-order valence-corrected chi connectivity index (χ4v) is 1.91. The number of carbonyl (C=O) groups excluding carboxylic acids is 1. The summed E-state index contributed by atoms with van der Waals surface area (Å²) in [6.45, 7) is 5.42. The monoisotopic (exact) mass is 274 g/mol. The van der Waals surface area contributed by atoms with Crippen molar-refractivity contribution in [2.75, 3.05) is 12.8 Å². The van der Waals surface area contributed by atoms with E-state index >= 15 is 0 Å². The zero-order chi connectivity index (χ0) is 14.2. The third-order valence-corrected chi connectivity index (χ3v) is 2.74. The fraction of sp³-hybridized carbons (Fsp3) is 0.417. The van der Waals surface area contributed by atoms with Gasteiger partial charge in [0.15, 0.2) is 0 Å². The summed E-state index contributed by atoms with van der Waals surface area (Å²) in [7, 11) is -4.01. The Morgan fingerprint density at radius 1 is 1.33 bits per heavy atom. The van der Waals surface area contributed by atoms with E-state index < -0.39 is 13.6 Å². The lowest BCUT2D eigenvalue weighted by Gasteiger charge is -2.02. The van der Waals surface area contributed by atoms with Crippen LogP contribution in [-0.4, -0.2) is 28.5 Å². The highest BCUT2D eigenvalue weighted by atomic mass is 31.2. The summed E-state index contributed by atoms with van der Waals surface area (Å²) in [5.41, 5.74) is 1.28. The van der Waals surface area contributed by atoms with Crippen LogP contribution >= 0.6 is 7.60 Å². The summed E-state index contributed by atoms with van der Waals surface area (Å²) in [5.74, 6) is -0.407. The Hall–Kier alpha value is -1.16. The number of esters is 1. The maximum atomic E-state index is 11.1. The summed E-state index contributed by atoms with van der Waals surface area (Å²) >= 11 is 0. The molecule has 2 N–H and O–H groups in total. The largest absolute Gasteiger partial charge is 0.463 e. The maximum Gasteiger partial charge on any atom is 0.330 e. The molecule has 0 amide bonds. The maximum absolute atomic E-state index is 11.1. The van der Waals surface area contributed by atoms with Crippen molar-refractivity contribution in [3.8, 4) is 0 Å². The minimum absolute atomic E-state index is 0.266. The average Bonchev–Trinajstić information content (AvgIpc) is 2.14. The summed E-state index contributed by atoms with van der Waals surface area (Å²) < 4.78 is 15.5. The van der Waals surface area contributed by atoms with E-state index in [4.69, 9.17) is 14.5 Å². The van der Waals surface area contributed by atoms with Gasteiger partial charge in [0.05, 0.1) is 12.8 Å². The Bertz CT molecular complexity index is 414. The van der Waals surface area contributed by atoms with Crippen LogP contribution in [0.3, 0.4) is 0 Å². The van der Waals surface area contributed by atoms with E-state index in [-0.39, 0.29) is 6.16 Å². The number of allylic oxidation sites excluding steroid dienone is 5. The number of hydrogen-bond acceptors (Lipinski definition) is 3. The summed E-state index contributed by atoms with van der Waals surface area (Å²) in [4.78, 5) is 28.6. The molecule has 0 aromatic rings. The first kappa shape index (κ1) is 16.8. The van der Waals surface area contributed by atoms with Gasteiger partial charge in [-0.05, 0) is 26.3 Å². The molecule has 0 unspecified atom stereocenters. The zero-order valence-corrected chi connectivity index (χ0v) is 11.7. The van der Waals surface area contributed by atoms with Crippen LogP contribution < -0.4 is 0 Å². The quantitative estimate of drug-likeness (QED) is 0.335. The Morgan fingerprint density at radius 3 is 2.44 bits per heavy atom. The summed E-state index contributed by atoms with van der Waals surface area (Å²) in [5, 5.41) is 0. The molecule has 0 aromatic carbocycles. The van der Waals surface area contributed by atoms with Crippen LogP contribution in [0.15, 0.2) is 35.5 Å².